The number of nitrogens with zero attached hydrogens (tertiary/aromatic N) is 4. The van der Waals surface area contributed by atoms with Crippen LogP contribution in [0.15, 0.2) is 89.1 Å². The molecular weight excluding hydrogens is 554 g/mol. The topological polar surface area (TPSA) is 121 Å². The molecule has 0 fully saturated rings. The third kappa shape index (κ3) is 6.16. The second-order valence-electron chi connectivity index (χ2n) is 9.21. The Bertz CT molecular complexity index is 1760. The van der Waals surface area contributed by atoms with Crippen molar-refractivity contribution in [3.05, 3.63) is 89.5 Å². The SMILES string of the molecule is CCn1c(S/C(=C\c2cn(CC(=O)Nc3ccccc3)c3ccccc23)C(=O)O)nnc1-c1cc(OC)cc(OC)c1. The van der Waals surface area contributed by atoms with Gasteiger partial charge >= 0.3 is 5.97 Å². The van der Waals surface area contributed by atoms with Crippen molar-refractivity contribution >= 4 is 46.3 Å². The van der Waals surface area contributed by atoms with Crippen LogP contribution >= 0.6 is 11.8 Å². The molecule has 3 aromatic carbocycles. The largest absolute Gasteiger partial charge is 0.497 e. The molecule has 0 bridgehead atoms. The van der Waals surface area contributed by atoms with Crippen molar-refractivity contribution in [2.45, 2.75) is 25.2 Å². The minimum atomic E-state index is -1.10. The first-order chi connectivity index (χ1) is 20.4. The molecule has 0 unspecified atom stereocenters. The maximum Gasteiger partial charge on any atom is 0.342 e. The number of carbonyl (C=O) groups is 2. The number of hydrogen-bond donors (Lipinski definition) is 2. The predicted octanol–water partition coefficient (Wildman–Crippen LogP) is 5.79. The Morgan fingerprint density at radius 1 is 0.976 bits per heavy atom. The van der Waals surface area contributed by atoms with Crippen molar-refractivity contribution < 1.29 is 24.2 Å². The van der Waals surface area contributed by atoms with Crippen LogP contribution < -0.4 is 14.8 Å². The van der Waals surface area contributed by atoms with Gasteiger partial charge < -0.3 is 29.0 Å². The molecule has 0 aliphatic carbocycles. The summed E-state index contributed by atoms with van der Waals surface area (Å²) in [6, 6.07) is 22.2. The van der Waals surface area contributed by atoms with Gasteiger partial charge in [-0.15, -0.1) is 10.2 Å². The number of hydrogen-bond acceptors (Lipinski definition) is 7. The number of aromatic nitrogens is 4. The fourth-order valence-corrected chi connectivity index (χ4v) is 5.45. The Hall–Kier alpha value is -5.03. The summed E-state index contributed by atoms with van der Waals surface area (Å²) in [6.45, 7) is 2.51. The van der Waals surface area contributed by atoms with Gasteiger partial charge in [0.2, 0.25) is 5.91 Å². The molecule has 214 valence electrons. The van der Waals surface area contributed by atoms with E-state index in [-0.39, 0.29) is 17.4 Å². The lowest BCUT2D eigenvalue weighted by Gasteiger charge is -2.10. The van der Waals surface area contributed by atoms with E-state index in [9.17, 15) is 14.7 Å². The molecule has 0 radical (unpaired) electrons. The molecule has 2 aromatic heterocycles. The van der Waals surface area contributed by atoms with Crippen LogP contribution in [0.25, 0.3) is 28.4 Å². The Morgan fingerprint density at radius 2 is 1.67 bits per heavy atom. The number of para-hydroxylation sites is 2. The monoisotopic (exact) mass is 583 g/mol. The van der Waals surface area contributed by atoms with Gasteiger partial charge in [0.15, 0.2) is 11.0 Å². The Balaban J connectivity index is 1.47. The highest BCUT2D eigenvalue weighted by Gasteiger charge is 2.20. The number of aliphatic carboxylic acids is 1. The average Bonchev–Trinajstić information content (AvgIpc) is 3.57. The van der Waals surface area contributed by atoms with Crippen LogP contribution in [-0.2, 0) is 22.7 Å². The zero-order valence-electron chi connectivity index (χ0n) is 23.3. The van der Waals surface area contributed by atoms with E-state index in [1.165, 1.54) is 0 Å². The number of anilines is 1. The van der Waals surface area contributed by atoms with E-state index in [2.05, 4.69) is 15.5 Å². The molecule has 1 amide bonds. The van der Waals surface area contributed by atoms with Crippen LogP contribution in [0.2, 0.25) is 0 Å². The fourth-order valence-electron chi connectivity index (χ4n) is 4.57. The number of carbonyl (C=O) groups excluding carboxylic acids is 1. The molecule has 0 aliphatic rings. The highest BCUT2D eigenvalue weighted by Crippen LogP contribution is 2.34. The van der Waals surface area contributed by atoms with Crippen molar-refractivity contribution in [1.29, 1.82) is 0 Å². The van der Waals surface area contributed by atoms with Gasteiger partial charge in [-0.3, -0.25) is 4.79 Å². The van der Waals surface area contributed by atoms with Crippen molar-refractivity contribution in [2.75, 3.05) is 19.5 Å². The van der Waals surface area contributed by atoms with E-state index in [4.69, 9.17) is 9.47 Å². The molecule has 2 N–H and O–H groups in total. The summed E-state index contributed by atoms with van der Waals surface area (Å²) < 4.78 is 14.4. The quantitative estimate of drug-likeness (QED) is 0.148. The normalized spacial score (nSPS) is 11.5. The summed E-state index contributed by atoms with van der Waals surface area (Å²) in [5.41, 5.74) is 2.91. The van der Waals surface area contributed by atoms with Gasteiger partial charge in [0.1, 0.15) is 22.9 Å². The lowest BCUT2D eigenvalue weighted by Crippen LogP contribution is -2.18. The summed E-state index contributed by atoms with van der Waals surface area (Å²) in [6.07, 6.45) is 3.39. The summed E-state index contributed by atoms with van der Waals surface area (Å²) in [5.74, 6) is 0.466. The number of amides is 1. The van der Waals surface area contributed by atoms with E-state index in [1.54, 1.807) is 32.6 Å². The maximum atomic E-state index is 12.8. The molecule has 0 saturated carbocycles. The molecule has 2 heterocycles. The third-order valence-corrected chi connectivity index (χ3v) is 7.53. The molecule has 11 heteroatoms. The molecular formula is C31H29N5O5S. The lowest BCUT2D eigenvalue weighted by atomic mass is 10.1. The summed E-state index contributed by atoms with van der Waals surface area (Å²) in [5, 5.41) is 23.0. The van der Waals surface area contributed by atoms with E-state index in [0.29, 0.717) is 40.3 Å². The van der Waals surface area contributed by atoms with Crippen LogP contribution in [-0.4, -0.2) is 50.5 Å². The summed E-state index contributed by atoms with van der Waals surface area (Å²) >= 11 is 1.01. The molecule has 5 aromatic rings. The van der Waals surface area contributed by atoms with Gasteiger partial charge in [-0.2, -0.15) is 0 Å². The number of carboxylic acids is 1. The van der Waals surface area contributed by atoms with Crippen molar-refractivity contribution in [2.24, 2.45) is 0 Å². The number of benzene rings is 3. The summed E-state index contributed by atoms with van der Waals surface area (Å²) in [4.78, 5) is 25.3. The number of ether oxygens (including phenoxy) is 2. The van der Waals surface area contributed by atoms with Crippen LogP contribution in [0.3, 0.4) is 0 Å². The number of thioether (sulfide) groups is 1. The highest BCUT2D eigenvalue weighted by atomic mass is 32.2. The second-order valence-corrected chi connectivity index (χ2v) is 10.2. The third-order valence-electron chi connectivity index (χ3n) is 6.53. The van der Waals surface area contributed by atoms with Gasteiger partial charge in [-0.05, 0) is 55.1 Å². The van der Waals surface area contributed by atoms with E-state index >= 15 is 0 Å². The first-order valence-corrected chi connectivity index (χ1v) is 13.9. The van der Waals surface area contributed by atoms with Gasteiger partial charge in [0.05, 0.1) is 14.2 Å². The first kappa shape index (κ1) is 28.5. The second kappa shape index (κ2) is 12.6. The van der Waals surface area contributed by atoms with E-state index in [0.717, 1.165) is 28.2 Å². The van der Waals surface area contributed by atoms with Gasteiger partial charge in [0, 0.05) is 46.5 Å². The molecule has 0 aliphatic heterocycles. The zero-order valence-corrected chi connectivity index (χ0v) is 24.1. The first-order valence-electron chi connectivity index (χ1n) is 13.1. The number of nitrogens with one attached hydrogen (secondary N) is 1. The number of carboxylic acid groups (broad SMARTS) is 1. The van der Waals surface area contributed by atoms with Gasteiger partial charge in [0.25, 0.3) is 0 Å². The molecule has 5 rings (SSSR count). The van der Waals surface area contributed by atoms with Crippen LogP contribution in [0.4, 0.5) is 5.69 Å². The Morgan fingerprint density at radius 3 is 2.33 bits per heavy atom. The number of rotatable bonds is 11. The standard InChI is InChI=1S/C31H29N5O5S/c1-4-36-29(20-14-23(40-2)17-24(15-20)41-3)33-34-31(36)42-27(30(38)39)16-21-18-35(26-13-9-8-12-25(21)26)19-28(37)32-22-10-6-5-7-11-22/h5-18H,4,19H2,1-3H3,(H,32,37)(H,38,39)/b27-16-. The van der Waals surface area contributed by atoms with Crippen LogP contribution in [0.1, 0.15) is 12.5 Å². The Kier molecular flexibility index (Phi) is 8.58. The van der Waals surface area contributed by atoms with Gasteiger partial charge in [-0.1, -0.05) is 36.4 Å². The zero-order chi connectivity index (χ0) is 29.6. The molecule has 42 heavy (non-hydrogen) atoms. The highest BCUT2D eigenvalue weighted by molar-refractivity contribution is 8.04. The van der Waals surface area contributed by atoms with Crippen molar-refractivity contribution in [3.63, 3.8) is 0 Å². The minimum Gasteiger partial charge on any atom is -0.497 e. The van der Waals surface area contributed by atoms with E-state index in [1.807, 2.05) is 82.8 Å². The van der Waals surface area contributed by atoms with Crippen LogP contribution in [0, 0.1) is 0 Å². The fraction of sp³-hybridized carbons (Fsp3) is 0.161. The molecule has 0 spiro atoms. The van der Waals surface area contributed by atoms with Crippen molar-refractivity contribution in [3.8, 4) is 22.9 Å². The van der Waals surface area contributed by atoms with Crippen molar-refractivity contribution in [1.82, 2.24) is 19.3 Å². The predicted molar refractivity (Wildman–Crippen MR) is 163 cm³/mol. The number of fused-ring (bicyclic) bond motifs is 1. The van der Waals surface area contributed by atoms with E-state index < -0.39 is 5.97 Å². The van der Waals surface area contributed by atoms with Gasteiger partial charge in [-0.25, -0.2) is 4.79 Å². The molecule has 0 saturated heterocycles. The Labute approximate surface area is 246 Å². The van der Waals surface area contributed by atoms with Crippen LogP contribution in [0.5, 0.6) is 11.5 Å². The minimum absolute atomic E-state index is 0.0588. The molecule has 0 atom stereocenters. The maximum absolute atomic E-state index is 12.8. The lowest BCUT2D eigenvalue weighted by molar-refractivity contribution is -0.131. The number of methoxy groups -OCH3 is 2. The summed E-state index contributed by atoms with van der Waals surface area (Å²) in [7, 11) is 3.14. The average molecular weight is 584 g/mol. The smallest absolute Gasteiger partial charge is 0.342 e. The molecule has 10 nitrogen and oxygen atoms in total.